The van der Waals surface area contributed by atoms with Crippen LogP contribution in [0.15, 0.2) is 0 Å². The molecule has 140 valence electrons. The van der Waals surface area contributed by atoms with Gasteiger partial charge in [-0.1, -0.05) is 19.8 Å². The zero-order valence-electron chi connectivity index (χ0n) is 15.3. The first-order chi connectivity index (χ1) is 12.0. The second-order valence-corrected chi connectivity index (χ2v) is 7.72. The van der Waals surface area contributed by atoms with Crippen molar-refractivity contribution in [2.45, 2.75) is 57.9 Å². The third-order valence-electron chi connectivity index (χ3n) is 6.20. The Bertz CT molecular complexity index is 544. The lowest BCUT2D eigenvalue weighted by Gasteiger charge is -2.37. The smallest absolute Gasteiger partial charge is 0.329 e. The second-order valence-electron chi connectivity index (χ2n) is 7.72. The van der Waals surface area contributed by atoms with Gasteiger partial charge in [-0.2, -0.15) is 0 Å². The Labute approximate surface area is 149 Å². The first-order valence-corrected chi connectivity index (χ1v) is 9.62. The van der Waals surface area contributed by atoms with E-state index in [4.69, 9.17) is 4.74 Å². The van der Waals surface area contributed by atoms with Crippen LogP contribution in [-0.4, -0.2) is 54.7 Å². The molecule has 7 nitrogen and oxygen atoms in total. The second kappa shape index (κ2) is 7.32. The molecule has 3 amide bonds. The van der Waals surface area contributed by atoms with Crippen molar-refractivity contribution in [3.8, 4) is 0 Å². The predicted octanol–water partition coefficient (Wildman–Crippen LogP) is 0.303. The summed E-state index contributed by atoms with van der Waals surface area (Å²) in [6.07, 6.45) is 5.34. The summed E-state index contributed by atoms with van der Waals surface area (Å²) >= 11 is 0. The number of hydrogen-bond acceptors (Lipinski definition) is 4. The van der Waals surface area contributed by atoms with Gasteiger partial charge < -0.3 is 15.0 Å². The van der Waals surface area contributed by atoms with Crippen molar-refractivity contribution >= 4 is 17.9 Å². The van der Waals surface area contributed by atoms with E-state index in [0.29, 0.717) is 13.3 Å². The first kappa shape index (κ1) is 18.2. The lowest BCUT2D eigenvalue weighted by molar-refractivity contribution is -0.913. The van der Waals surface area contributed by atoms with Crippen molar-refractivity contribution in [1.82, 2.24) is 10.2 Å². The van der Waals surface area contributed by atoms with Gasteiger partial charge in [0, 0.05) is 12.8 Å². The average Bonchev–Trinajstić information content (AvgIpc) is 2.83. The first-order valence-electron chi connectivity index (χ1n) is 9.62. The van der Waals surface area contributed by atoms with E-state index < -0.39 is 5.54 Å². The number of nitrogens with one attached hydrogen (secondary N) is 2. The molecule has 7 heteroatoms. The molecular formula is C18H30N3O4+. The van der Waals surface area contributed by atoms with Crippen molar-refractivity contribution in [2.75, 3.05) is 26.4 Å². The van der Waals surface area contributed by atoms with Crippen LogP contribution in [0.5, 0.6) is 0 Å². The van der Waals surface area contributed by atoms with E-state index in [9.17, 15) is 14.4 Å². The van der Waals surface area contributed by atoms with Gasteiger partial charge in [-0.25, -0.2) is 9.69 Å². The third kappa shape index (κ3) is 3.38. The molecule has 1 spiro atoms. The molecule has 3 fully saturated rings. The van der Waals surface area contributed by atoms with Gasteiger partial charge in [-0.05, 0) is 25.7 Å². The van der Waals surface area contributed by atoms with E-state index in [2.05, 4.69) is 12.2 Å². The summed E-state index contributed by atoms with van der Waals surface area (Å²) in [6, 6.07) is -0.251. The molecule has 0 bridgehead atoms. The maximum atomic E-state index is 13.0. The van der Waals surface area contributed by atoms with Crippen LogP contribution in [0.3, 0.4) is 0 Å². The van der Waals surface area contributed by atoms with Crippen LogP contribution in [0.4, 0.5) is 4.79 Å². The molecule has 2 heterocycles. The molecule has 2 N–H and O–H groups in total. The predicted molar refractivity (Wildman–Crippen MR) is 90.7 cm³/mol. The minimum absolute atomic E-state index is 0.0449. The lowest BCUT2D eigenvalue weighted by Crippen LogP contribution is -3.14. The topological polar surface area (TPSA) is 80.2 Å². The van der Waals surface area contributed by atoms with Crippen LogP contribution in [0, 0.1) is 11.8 Å². The molecule has 1 aliphatic carbocycles. The largest absolute Gasteiger partial charge is 0.466 e. The minimum Gasteiger partial charge on any atom is -0.466 e. The molecule has 2 saturated heterocycles. The summed E-state index contributed by atoms with van der Waals surface area (Å²) in [6.45, 7) is 6.26. The van der Waals surface area contributed by atoms with E-state index in [-0.39, 0.29) is 29.7 Å². The summed E-state index contributed by atoms with van der Waals surface area (Å²) in [4.78, 5) is 39.9. The van der Waals surface area contributed by atoms with Crippen molar-refractivity contribution in [1.29, 1.82) is 0 Å². The molecule has 0 aromatic rings. The number of imide groups is 1. The van der Waals surface area contributed by atoms with E-state index >= 15 is 0 Å². The van der Waals surface area contributed by atoms with Crippen molar-refractivity contribution in [3.05, 3.63) is 0 Å². The van der Waals surface area contributed by atoms with Crippen molar-refractivity contribution in [3.63, 3.8) is 0 Å². The Morgan fingerprint density at radius 1 is 1.28 bits per heavy atom. The van der Waals surface area contributed by atoms with Crippen LogP contribution < -0.4 is 10.2 Å². The fourth-order valence-corrected chi connectivity index (χ4v) is 4.54. The number of carbonyl (C=O) groups is 3. The molecule has 1 saturated carbocycles. The van der Waals surface area contributed by atoms with Crippen LogP contribution in [0.25, 0.3) is 0 Å². The average molecular weight is 352 g/mol. The van der Waals surface area contributed by atoms with Crippen LogP contribution >= 0.6 is 0 Å². The summed E-state index contributed by atoms with van der Waals surface area (Å²) in [7, 11) is 0. The summed E-state index contributed by atoms with van der Waals surface area (Å²) in [5.41, 5.74) is -0.683. The highest BCUT2D eigenvalue weighted by molar-refractivity contribution is 6.07. The molecule has 0 aromatic heterocycles. The van der Waals surface area contributed by atoms with Gasteiger partial charge in [0.1, 0.15) is 5.54 Å². The van der Waals surface area contributed by atoms with Crippen LogP contribution in [0.1, 0.15) is 52.4 Å². The van der Waals surface area contributed by atoms with Crippen LogP contribution in [0.2, 0.25) is 0 Å². The molecule has 3 aliphatic rings. The maximum Gasteiger partial charge on any atom is 0.329 e. The monoisotopic (exact) mass is 352 g/mol. The third-order valence-corrected chi connectivity index (χ3v) is 6.20. The molecule has 0 aromatic carbocycles. The zero-order valence-corrected chi connectivity index (χ0v) is 15.3. The quantitative estimate of drug-likeness (QED) is 0.563. The number of ether oxygens (including phenoxy) is 1. The van der Waals surface area contributed by atoms with Gasteiger partial charge in [0.2, 0.25) is 0 Å². The summed E-state index contributed by atoms with van der Waals surface area (Å²) < 4.78 is 5.09. The highest BCUT2D eigenvalue weighted by atomic mass is 16.5. The zero-order chi connectivity index (χ0) is 18.0. The number of nitrogens with zero attached hydrogens (tertiary/aromatic N) is 1. The van der Waals surface area contributed by atoms with Crippen molar-refractivity contribution < 1.29 is 24.0 Å². The molecular weight excluding hydrogens is 322 g/mol. The van der Waals surface area contributed by atoms with E-state index in [1.807, 2.05) is 6.92 Å². The number of urea groups is 1. The fraction of sp³-hybridized carbons (Fsp3) is 0.833. The van der Waals surface area contributed by atoms with Gasteiger partial charge >= 0.3 is 12.0 Å². The number of amides is 3. The van der Waals surface area contributed by atoms with E-state index in [1.165, 1.54) is 9.80 Å². The number of piperidine rings is 1. The van der Waals surface area contributed by atoms with Crippen molar-refractivity contribution in [2.24, 2.45) is 11.8 Å². The number of likely N-dealkylation sites (tertiary alicyclic amines) is 1. The SMILES string of the molecule is CCOC(=O)C1CC[NH+](CN2C(=O)N[C@@]3(CCCC[C@H]3C)C2=O)CC1. The molecule has 0 unspecified atom stereocenters. The minimum atomic E-state index is -0.683. The van der Waals surface area contributed by atoms with Gasteiger partial charge in [0.15, 0.2) is 6.67 Å². The number of quaternary nitrogens is 1. The molecule has 3 rings (SSSR count). The number of esters is 1. The Balaban J connectivity index is 1.58. The number of carbonyl (C=O) groups excluding carboxylic acids is 3. The molecule has 25 heavy (non-hydrogen) atoms. The Morgan fingerprint density at radius 3 is 2.64 bits per heavy atom. The van der Waals surface area contributed by atoms with E-state index in [1.54, 1.807) is 0 Å². The Kier molecular flexibility index (Phi) is 5.32. The van der Waals surface area contributed by atoms with Gasteiger partial charge in [-0.15, -0.1) is 0 Å². The molecule has 2 atom stereocenters. The maximum absolute atomic E-state index is 13.0. The van der Waals surface area contributed by atoms with Gasteiger partial charge in [0.05, 0.1) is 25.6 Å². The summed E-state index contributed by atoms with van der Waals surface area (Å²) in [5.74, 6) is -0.0278. The highest BCUT2D eigenvalue weighted by Gasteiger charge is 2.55. The summed E-state index contributed by atoms with van der Waals surface area (Å²) in [5, 5.41) is 3.00. The normalized spacial score (nSPS) is 35.8. The molecule has 0 radical (unpaired) electrons. The molecule has 2 aliphatic heterocycles. The lowest BCUT2D eigenvalue weighted by atomic mass is 9.73. The highest BCUT2D eigenvalue weighted by Crippen LogP contribution is 2.37. The van der Waals surface area contributed by atoms with E-state index in [0.717, 1.165) is 51.6 Å². The number of rotatable bonds is 4. The Morgan fingerprint density at radius 2 is 2.00 bits per heavy atom. The van der Waals surface area contributed by atoms with Crippen LogP contribution in [-0.2, 0) is 14.3 Å². The Hall–Kier alpha value is -1.63. The van der Waals surface area contributed by atoms with Gasteiger partial charge in [-0.3, -0.25) is 9.59 Å². The van der Waals surface area contributed by atoms with Gasteiger partial charge in [0.25, 0.3) is 5.91 Å². The standard InChI is InChI=1S/C18H29N3O4/c1-3-25-15(22)14-7-10-20(11-8-14)12-21-16(23)18(19-17(21)24)9-5-4-6-13(18)2/h13-14H,3-12H2,1-2H3,(H,19,24)/p+1/t13-,18-/m1/s1. The fourth-order valence-electron chi connectivity index (χ4n) is 4.54. The number of hydrogen-bond donors (Lipinski definition) is 2.